The molecule has 3 saturated carbocycles. The van der Waals surface area contributed by atoms with Gasteiger partial charge in [0.1, 0.15) is 34.5 Å². The quantitative estimate of drug-likeness (QED) is 0.0346. The second kappa shape index (κ2) is 51.0. The van der Waals surface area contributed by atoms with Crippen molar-refractivity contribution in [1.29, 1.82) is 0 Å². The fraction of sp³-hybridized carbons (Fsp3) is 0.478. The van der Waals surface area contributed by atoms with Gasteiger partial charge in [-0.05, 0) is 280 Å². The average molecular weight is 2130 g/mol. The van der Waals surface area contributed by atoms with Crippen molar-refractivity contribution in [3.63, 3.8) is 0 Å². The molecule has 15 rings (SSSR count). The first kappa shape index (κ1) is 119. The Morgan fingerprint density at radius 3 is 0.493 bits per heavy atom. The Balaban J connectivity index is 0.000000187. The predicted molar refractivity (Wildman–Crippen MR) is 664 cm³/mol. The molecule has 3 aliphatic carbocycles. The van der Waals surface area contributed by atoms with E-state index in [1.165, 1.54) is 216 Å². The third-order valence-electron chi connectivity index (χ3n) is 31.1. The Kier molecular flexibility index (Phi) is 40.4. The van der Waals surface area contributed by atoms with Crippen LogP contribution in [-0.4, -0.2) is 62.1 Å². The number of benzene rings is 12. The topological polar surface area (TPSA) is 121 Å². The molecule has 3 fully saturated rings. The summed E-state index contributed by atoms with van der Waals surface area (Å²) in [6.45, 7) is 66.4. The summed E-state index contributed by atoms with van der Waals surface area (Å²) in [5, 5.41) is 73.8. The van der Waals surface area contributed by atoms with Crippen molar-refractivity contribution in [3.8, 4) is 101 Å². The molecule has 0 amide bonds. The molecule has 6 atom stereocenters. The number of hydrogen-bond acceptors (Lipinski definition) is 12. The number of phenolic OH excluding ortho intramolecular Hbond substituents is 6. The zero-order chi connectivity index (χ0) is 109. The minimum absolute atomic E-state index is 0.0288. The molecular weight excluding hydrogens is 1950 g/mol. The van der Waals surface area contributed by atoms with E-state index in [4.69, 9.17) is 0 Å². The Hall–Kier alpha value is -8.46. The van der Waals surface area contributed by atoms with Gasteiger partial charge in [0.2, 0.25) is 0 Å². The SMILES string of the molecule is Cc1cc(C)cc(-c2cc(C(C)(C)C)cc(CSC3CCCCCCC3SCc3cc(C(C)(C)C)cc(-c4cc(C)cc(C)c4)c3O)c2O)c1.Cc1cc(C)cc(-c2cc(C(C)(C)C)cc(CSC3CCCCCCC3SCc3cc(C(C)(C)C)cc(-c4cc(C)cc(C)c4)c3O)c2O)c1.Cc1cccc(C)c1-c1cc(C(C)(C)C)cc(CSC2CCCCCCC2SCc2cc(C(C)(C)C)cc(-c3c(C)cccc3C)c2O)c1O. The van der Waals surface area contributed by atoms with Crippen LogP contribution in [0.2, 0.25) is 0 Å². The second-order valence-electron chi connectivity index (χ2n) is 50.8. The third kappa shape index (κ3) is 31.3. The lowest BCUT2D eigenvalue weighted by Crippen LogP contribution is -2.22. The Bertz CT molecular complexity index is 5900. The zero-order valence-corrected chi connectivity index (χ0v) is 102. The van der Waals surface area contributed by atoms with Gasteiger partial charge in [0, 0.05) is 133 Å². The molecule has 3 aliphatic rings. The highest BCUT2D eigenvalue weighted by Gasteiger charge is 2.35. The van der Waals surface area contributed by atoms with Gasteiger partial charge in [0.15, 0.2) is 0 Å². The number of phenols is 6. The van der Waals surface area contributed by atoms with E-state index in [2.05, 4.69) is 390 Å². The van der Waals surface area contributed by atoms with Crippen molar-refractivity contribution in [2.24, 2.45) is 0 Å². The third-order valence-corrected chi connectivity index (χ3v) is 40.4. The maximum Gasteiger partial charge on any atom is 0.127 e. The van der Waals surface area contributed by atoms with E-state index in [9.17, 15) is 30.6 Å². The first-order valence-corrected chi connectivity index (χ1v) is 62.2. The zero-order valence-electron chi connectivity index (χ0n) is 96.9. The van der Waals surface area contributed by atoms with E-state index in [0.29, 0.717) is 66.0 Å². The molecule has 6 unspecified atom stereocenters. The van der Waals surface area contributed by atoms with Crippen LogP contribution in [0.3, 0.4) is 0 Å². The monoisotopic (exact) mass is 2130 g/mol. The van der Waals surface area contributed by atoms with Gasteiger partial charge in [-0.25, -0.2) is 0 Å². The Labute approximate surface area is 932 Å². The molecule has 0 spiro atoms. The molecule has 0 saturated heterocycles. The van der Waals surface area contributed by atoms with Gasteiger partial charge in [-0.15, -0.1) is 0 Å². The predicted octanol–water partition coefficient (Wildman–Crippen LogP) is 40.6. The van der Waals surface area contributed by atoms with Gasteiger partial charge in [0.05, 0.1) is 0 Å². The van der Waals surface area contributed by atoms with Gasteiger partial charge >= 0.3 is 0 Å². The molecule has 0 bridgehead atoms. The molecule has 0 aliphatic heterocycles. The molecule has 0 heterocycles. The van der Waals surface area contributed by atoms with Gasteiger partial charge in [-0.3, -0.25) is 0 Å². The van der Waals surface area contributed by atoms with Crippen LogP contribution in [0, 0.1) is 83.1 Å². The van der Waals surface area contributed by atoms with Gasteiger partial charge < -0.3 is 30.6 Å². The summed E-state index contributed by atoms with van der Waals surface area (Å²) in [4.78, 5) is 0. The molecule has 12 aromatic carbocycles. The number of aryl methyl sites for hydroxylation is 12. The summed E-state index contributed by atoms with van der Waals surface area (Å²) >= 11 is 12.2. The molecule has 12 heteroatoms. The van der Waals surface area contributed by atoms with E-state index in [1.807, 2.05) is 70.6 Å². The number of hydrogen-bond donors (Lipinski definition) is 6. The molecule has 150 heavy (non-hydrogen) atoms. The largest absolute Gasteiger partial charge is 0.507 e. The summed E-state index contributed by atoms with van der Waals surface area (Å²) < 4.78 is 0. The van der Waals surface area contributed by atoms with E-state index in [1.54, 1.807) is 0 Å². The fourth-order valence-electron chi connectivity index (χ4n) is 22.3. The van der Waals surface area contributed by atoms with Crippen molar-refractivity contribution < 1.29 is 30.6 Å². The van der Waals surface area contributed by atoms with E-state index in [0.717, 1.165) is 135 Å². The second-order valence-corrected chi connectivity index (χ2v) is 58.2. The van der Waals surface area contributed by atoms with Crippen LogP contribution >= 0.6 is 70.6 Å². The molecule has 12 aromatic rings. The number of thioether (sulfide) groups is 6. The summed E-state index contributed by atoms with van der Waals surface area (Å²) in [5.74, 6) is 7.29. The fourth-order valence-corrected chi connectivity index (χ4v) is 31.5. The van der Waals surface area contributed by atoms with Crippen LogP contribution < -0.4 is 0 Å². The maximum atomic E-state index is 11.9. The van der Waals surface area contributed by atoms with Crippen LogP contribution in [0.5, 0.6) is 34.5 Å². The van der Waals surface area contributed by atoms with Crippen LogP contribution in [0.1, 0.15) is 374 Å². The van der Waals surface area contributed by atoms with Crippen molar-refractivity contribution in [1.82, 2.24) is 0 Å². The lowest BCUT2D eigenvalue weighted by Gasteiger charge is -2.30. The molecule has 804 valence electrons. The first-order valence-electron chi connectivity index (χ1n) is 55.9. The van der Waals surface area contributed by atoms with Crippen molar-refractivity contribution in [2.45, 2.75) is 422 Å². The molecule has 0 aromatic heterocycles. The normalized spacial score (nSPS) is 17.4. The maximum absolute atomic E-state index is 11.9. The lowest BCUT2D eigenvalue weighted by atomic mass is 9.83. The smallest absolute Gasteiger partial charge is 0.127 e. The Morgan fingerprint density at radius 1 is 0.193 bits per heavy atom. The lowest BCUT2D eigenvalue weighted by molar-refractivity contribution is 0.470. The van der Waals surface area contributed by atoms with Crippen molar-refractivity contribution in [3.05, 3.63) is 316 Å². The molecule has 0 radical (unpaired) electrons. The average Bonchev–Trinajstić information content (AvgIpc) is 0.778. The number of rotatable bonds is 24. The summed E-state index contributed by atoms with van der Waals surface area (Å²) in [7, 11) is 0. The van der Waals surface area contributed by atoms with Crippen LogP contribution in [0.4, 0.5) is 0 Å². The highest BCUT2D eigenvalue weighted by atomic mass is 32.2. The van der Waals surface area contributed by atoms with Crippen LogP contribution in [0.25, 0.3) is 66.8 Å². The molecular formula is C138H180O6S6. The first-order chi connectivity index (χ1) is 70.5. The van der Waals surface area contributed by atoms with Crippen LogP contribution in [0.15, 0.2) is 182 Å². The van der Waals surface area contributed by atoms with E-state index < -0.39 is 0 Å². The van der Waals surface area contributed by atoms with Gasteiger partial charge in [0.25, 0.3) is 0 Å². The standard InChI is InChI=1S/3C46H60O2S2/c1-29-17-15-18-30(2)41(29)37-25-35(45(5,6)7)23-33(43(37)47)27-49-39-21-13-11-12-14-22-40(39)50-28-34-24-36(46(8,9)10)26-38(44(34)48)42-31(3)19-16-20-32(42)4;2*1-29-17-30(2)20-33(19-29)39-25-37(45(5,6)7)23-35(43(39)47)27-49-41-15-13-11-12-14-16-42(41)50-28-36-24-38(46(8,9)10)26-40(44(36)48)34-21-31(3)18-32(4)22-34/h15-20,23-26,39-40,47-48H,11-14,21-22,27-28H2,1-10H3;2*17-26,41-42,47-48H,11-16,27-28H2,1-10H3. The number of aromatic hydroxyl groups is 6. The summed E-state index contributed by atoms with van der Waals surface area (Å²) in [6.07, 6.45) is 22.4. The van der Waals surface area contributed by atoms with Crippen LogP contribution in [-0.2, 0) is 67.0 Å². The Morgan fingerprint density at radius 2 is 0.340 bits per heavy atom. The van der Waals surface area contributed by atoms with Crippen molar-refractivity contribution in [2.75, 3.05) is 0 Å². The molecule has 6 nitrogen and oxygen atoms in total. The molecule has 6 N–H and O–H groups in total. The highest BCUT2D eigenvalue weighted by Crippen LogP contribution is 2.53. The highest BCUT2D eigenvalue weighted by molar-refractivity contribution is 8.04. The van der Waals surface area contributed by atoms with Gasteiger partial charge in [-0.2, -0.15) is 70.6 Å². The minimum Gasteiger partial charge on any atom is -0.507 e. The minimum atomic E-state index is -0.0314. The summed E-state index contributed by atoms with van der Waals surface area (Å²) in [6, 6.07) is 66.0. The van der Waals surface area contributed by atoms with Crippen molar-refractivity contribution >= 4 is 70.6 Å². The van der Waals surface area contributed by atoms with Gasteiger partial charge in [-0.1, -0.05) is 392 Å². The van der Waals surface area contributed by atoms with E-state index in [-0.39, 0.29) is 32.5 Å². The summed E-state index contributed by atoms with van der Waals surface area (Å²) in [5.41, 5.74) is 40.5. The van der Waals surface area contributed by atoms with E-state index >= 15 is 0 Å².